The predicted molar refractivity (Wildman–Crippen MR) is 143 cm³/mol. The number of carbonyl (C=O) groups is 3. The van der Waals surface area contributed by atoms with Crippen molar-refractivity contribution in [3.05, 3.63) is 89.6 Å². The first-order valence-corrected chi connectivity index (χ1v) is 12.7. The van der Waals surface area contributed by atoms with Crippen LogP contribution in [0.25, 0.3) is 10.9 Å². The molecule has 8 heteroatoms. The van der Waals surface area contributed by atoms with E-state index in [0.29, 0.717) is 29.1 Å². The van der Waals surface area contributed by atoms with E-state index in [4.69, 9.17) is 4.74 Å². The third-order valence-electron chi connectivity index (χ3n) is 8.38. The first kappa shape index (κ1) is 22.7. The molecule has 7 rings (SSSR count). The van der Waals surface area contributed by atoms with E-state index < -0.39 is 23.4 Å². The summed E-state index contributed by atoms with van der Waals surface area (Å²) in [6.45, 7) is 1.93. The van der Waals surface area contributed by atoms with Crippen LogP contribution in [0.1, 0.15) is 16.7 Å². The van der Waals surface area contributed by atoms with Crippen molar-refractivity contribution in [3.63, 3.8) is 0 Å². The number of ether oxygens (including phenoxy) is 1. The van der Waals surface area contributed by atoms with Gasteiger partial charge >= 0.3 is 0 Å². The van der Waals surface area contributed by atoms with Gasteiger partial charge in [0.05, 0.1) is 24.6 Å². The van der Waals surface area contributed by atoms with Crippen LogP contribution in [-0.2, 0) is 26.3 Å². The summed E-state index contributed by atoms with van der Waals surface area (Å²) in [5.74, 6) is -2.06. The van der Waals surface area contributed by atoms with E-state index in [2.05, 4.69) is 15.6 Å². The van der Waals surface area contributed by atoms with Gasteiger partial charge in [-0.1, -0.05) is 42.5 Å². The zero-order valence-corrected chi connectivity index (χ0v) is 20.9. The van der Waals surface area contributed by atoms with Gasteiger partial charge in [-0.05, 0) is 42.7 Å². The fourth-order valence-electron chi connectivity index (χ4n) is 6.69. The number of fused-ring (bicyclic) bond motifs is 5. The highest BCUT2D eigenvalue weighted by Crippen LogP contribution is 2.54. The SMILES string of the molecule is COc1cccc(N2C(=O)[C@@H]3[C@H](Cc4c[nH]c5ccccc45)N[C@]4(C(=O)Nc5c(C)cccc54)[C@@H]3C2=O)c1. The smallest absolute Gasteiger partial charge is 0.250 e. The number of amides is 3. The summed E-state index contributed by atoms with van der Waals surface area (Å²) in [5.41, 5.74) is 3.45. The van der Waals surface area contributed by atoms with Crippen molar-refractivity contribution < 1.29 is 19.1 Å². The molecular weight excluding hydrogens is 480 g/mol. The quantitative estimate of drug-likeness (QED) is 0.367. The summed E-state index contributed by atoms with van der Waals surface area (Å²) in [7, 11) is 1.54. The Hall–Kier alpha value is -4.43. The maximum atomic E-state index is 14.2. The van der Waals surface area contributed by atoms with Crippen LogP contribution >= 0.6 is 0 Å². The van der Waals surface area contributed by atoms with Crippen LogP contribution in [-0.4, -0.2) is 35.9 Å². The highest BCUT2D eigenvalue weighted by Gasteiger charge is 2.70. The molecule has 2 saturated heterocycles. The Morgan fingerprint density at radius 3 is 2.63 bits per heavy atom. The fourth-order valence-corrected chi connectivity index (χ4v) is 6.69. The second-order valence-corrected chi connectivity index (χ2v) is 10.3. The third-order valence-corrected chi connectivity index (χ3v) is 8.38. The van der Waals surface area contributed by atoms with Crippen LogP contribution in [0.5, 0.6) is 5.75 Å². The lowest BCUT2D eigenvalue weighted by Crippen LogP contribution is -2.53. The summed E-state index contributed by atoms with van der Waals surface area (Å²) >= 11 is 0. The first-order valence-electron chi connectivity index (χ1n) is 12.7. The number of para-hydroxylation sites is 2. The summed E-state index contributed by atoms with van der Waals surface area (Å²) < 4.78 is 5.35. The van der Waals surface area contributed by atoms with Gasteiger partial charge in [0.15, 0.2) is 0 Å². The van der Waals surface area contributed by atoms with Gasteiger partial charge in [0.25, 0.3) is 0 Å². The molecule has 3 aromatic carbocycles. The Morgan fingerprint density at radius 1 is 0.974 bits per heavy atom. The van der Waals surface area contributed by atoms with E-state index in [0.717, 1.165) is 22.0 Å². The summed E-state index contributed by atoms with van der Waals surface area (Å²) in [6.07, 6.45) is 2.42. The summed E-state index contributed by atoms with van der Waals surface area (Å²) in [5, 5.41) is 7.62. The monoisotopic (exact) mass is 506 g/mol. The average molecular weight is 507 g/mol. The van der Waals surface area contributed by atoms with Crippen molar-refractivity contribution >= 4 is 40.0 Å². The largest absolute Gasteiger partial charge is 0.497 e. The maximum absolute atomic E-state index is 14.2. The molecule has 3 aliphatic heterocycles. The zero-order valence-electron chi connectivity index (χ0n) is 20.9. The number of nitrogens with one attached hydrogen (secondary N) is 3. The molecule has 4 heterocycles. The van der Waals surface area contributed by atoms with Crippen molar-refractivity contribution in [1.82, 2.24) is 10.3 Å². The predicted octanol–water partition coefficient (Wildman–Crippen LogP) is 3.65. The molecule has 2 fully saturated rings. The second kappa shape index (κ2) is 8.03. The molecule has 8 nitrogen and oxygen atoms in total. The van der Waals surface area contributed by atoms with E-state index >= 15 is 0 Å². The lowest BCUT2D eigenvalue weighted by atomic mass is 9.76. The van der Waals surface area contributed by atoms with E-state index in [9.17, 15) is 14.4 Å². The molecule has 3 amide bonds. The molecule has 1 aromatic heterocycles. The van der Waals surface area contributed by atoms with Crippen LogP contribution < -0.4 is 20.3 Å². The van der Waals surface area contributed by atoms with E-state index in [1.165, 1.54) is 4.90 Å². The number of imide groups is 1. The molecule has 0 radical (unpaired) electrons. The van der Waals surface area contributed by atoms with Gasteiger partial charge < -0.3 is 15.0 Å². The number of benzene rings is 3. The molecular formula is C30H26N4O4. The number of H-pyrrole nitrogens is 1. The van der Waals surface area contributed by atoms with E-state index in [1.54, 1.807) is 31.4 Å². The number of hydrogen-bond acceptors (Lipinski definition) is 5. The maximum Gasteiger partial charge on any atom is 0.250 e. The van der Waals surface area contributed by atoms with Gasteiger partial charge in [-0.2, -0.15) is 0 Å². The molecule has 4 atom stereocenters. The lowest BCUT2D eigenvalue weighted by Gasteiger charge is -2.29. The topological polar surface area (TPSA) is 104 Å². The van der Waals surface area contributed by atoms with Gasteiger partial charge in [-0.3, -0.25) is 19.7 Å². The van der Waals surface area contributed by atoms with E-state index in [-0.39, 0.29) is 17.7 Å². The Balaban J connectivity index is 1.38. The van der Waals surface area contributed by atoms with Crippen LogP contribution in [0.4, 0.5) is 11.4 Å². The van der Waals surface area contributed by atoms with Gasteiger partial charge in [-0.15, -0.1) is 0 Å². The Bertz CT molecular complexity index is 1660. The summed E-state index contributed by atoms with van der Waals surface area (Å²) in [6, 6.07) is 20.2. The molecule has 3 aliphatic rings. The van der Waals surface area contributed by atoms with Crippen molar-refractivity contribution in [3.8, 4) is 5.75 Å². The van der Waals surface area contributed by atoms with Crippen molar-refractivity contribution in [2.45, 2.75) is 24.9 Å². The molecule has 38 heavy (non-hydrogen) atoms. The molecule has 1 spiro atoms. The molecule has 3 N–H and O–H groups in total. The van der Waals surface area contributed by atoms with Gasteiger partial charge in [0.2, 0.25) is 17.7 Å². The number of methoxy groups -OCH3 is 1. The molecule has 4 aromatic rings. The number of aromatic amines is 1. The first-order chi connectivity index (χ1) is 18.4. The van der Waals surface area contributed by atoms with Crippen LogP contribution in [0.2, 0.25) is 0 Å². The lowest BCUT2D eigenvalue weighted by molar-refractivity contribution is -0.130. The zero-order chi connectivity index (χ0) is 26.2. The molecule has 0 aliphatic carbocycles. The highest BCUT2D eigenvalue weighted by atomic mass is 16.5. The molecule has 0 unspecified atom stereocenters. The van der Waals surface area contributed by atoms with Gasteiger partial charge in [-0.25, -0.2) is 4.90 Å². The van der Waals surface area contributed by atoms with Gasteiger partial charge in [0.1, 0.15) is 11.3 Å². The number of rotatable bonds is 4. The third kappa shape index (κ3) is 2.92. The number of nitrogens with zero attached hydrogens (tertiary/aromatic N) is 1. The van der Waals surface area contributed by atoms with Crippen molar-refractivity contribution in [2.75, 3.05) is 17.3 Å². The van der Waals surface area contributed by atoms with Crippen molar-refractivity contribution in [2.24, 2.45) is 11.8 Å². The number of anilines is 2. The van der Waals surface area contributed by atoms with Crippen LogP contribution in [0, 0.1) is 18.8 Å². The van der Waals surface area contributed by atoms with E-state index in [1.807, 2.05) is 55.6 Å². The van der Waals surface area contributed by atoms with Crippen molar-refractivity contribution in [1.29, 1.82) is 0 Å². The minimum Gasteiger partial charge on any atom is -0.497 e. The normalized spacial score (nSPS) is 25.8. The van der Waals surface area contributed by atoms with Crippen LogP contribution in [0.3, 0.4) is 0 Å². The standard InChI is InChI=1S/C30H26N4O4/c1-16-7-5-11-21-26(16)32-29(37)30(21)25-24(23(33-30)13-17-15-31-22-12-4-3-10-20(17)22)27(35)34(28(25)36)18-8-6-9-19(14-18)38-2/h3-12,14-15,23-25,31,33H,13H2,1-2H3,(H,32,37)/t23-,24+,25-,30-/m0/s1. The minimum absolute atomic E-state index is 0.299. The number of aryl methyl sites for hydroxylation is 1. The highest BCUT2D eigenvalue weighted by molar-refractivity contribution is 6.26. The second-order valence-electron chi connectivity index (χ2n) is 10.3. The fraction of sp³-hybridized carbons (Fsp3) is 0.233. The molecule has 0 bridgehead atoms. The molecule has 0 saturated carbocycles. The van der Waals surface area contributed by atoms with Crippen LogP contribution in [0.15, 0.2) is 72.9 Å². The van der Waals surface area contributed by atoms with Gasteiger partial charge in [0, 0.05) is 40.5 Å². The Kier molecular flexibility index (Phi) is 4.81. The number of carbonyl (C=O) groups excluding carboxylic acids is 3. The minimum atomic E-state index is -1.34. The number of aromatic nitrogens is 1. The molecule has 190 valence electrons. The number of hydrogen-bond donors (Lipinski definition) is 3. The summed E-state index contributed by atoms with van der Waals surface area (Å²) in [4.78, 5) is 46.7. The Labute approximate surface area is 219 Å². The Morgan fingerprint density at radius 2 is 1.79 bits per heavy atom. The average Bonchev–Trinajstić information content (AvgIpc) is 3.64.